The Balaban J connectivity index is -0.00000450. The number of hydrogen-bond acceptors (Lipinski definition) is 6. The third-order valence-electron chi connectivity index (χ3n) is 4.83. The molecule has 33 heavy (non-hydrogen) atoms. The van der Waals surface area contributed by atoms with E-state index in [4.69, 9.17) is 0 Å². The Hall–Kier alpha value is -0.150. The predicted molar refractivity (Wildman–Crippen MR) is 117 cm³/mol. The summed E-state index contributed by atoms with van der Waals surface area (Å²) in [5, 5.41) is 32.6. The van der Waals surface area contributed by atoms with Gasteiger partial charge in [0, 0.05) is 18.8 Å². The summed E-state index contributed by atoms with van der Waals surface area (Å²) in [4.78, 5) is 32.9. The van der Waals surface area contributed by atoms with Gasteiger partial charge in [-0.25, -0.2) is 0 Å². The number of carbonyl (C=O) groups excluding carboxylic acids is 3. The fraction of sp³-hybridized carbons (Fsp3) is 0.708. The molecular weight excluding hydrogens is 444 g/mol. The second kappa shape index (κ2) is 26.5. The molecule has 0 spiro atoms. The molecule has 0 aliphatic rings. The van der Waals surface area contributed by atoms with Crippen LogP contribution in [0.3, 0.4) is 0 Å². The van der Waals surface area contributed by atoms with E-state index >= 15 is 0 Å². The molecule has 0 rings (SSSR count). The fourth-order valence-corrected chi connectivity index (χ4v) is 3.06. The van der Waals surface area contributed by atoms with E-state index < -0.39 is 30.3 Å². The molecular formula is C24H39NNa2O6. The van der Waals surface area contributed by atoms with Crippen molar-refractivity contribution < 1.29 is 88.8 Å². The van der Waals surface area contributed by atoms with Crippen molar-refractivity contribution in [3.8, 4) is 0 Å². The number of carboxylic acid groups (broad SMARTS) is 2. The van der Waals surface area contributed by atoms with Crippen LogP contribution in [-0.2, 0) is 14.4 Å². The Kier molecular flexibility index (Phi) is 30.0. The molecule has 0 radical (unpaired) electrons. The predicted octanol–water partition coefficient (Wildman–Crippen LogP) is -4.07. The zero-order chi connectivity index (χ0) is 23.3. The standard InChI is InChI=1S/C24H41NO6.2Na/c1-20(26)17-15-13-11-9-7-5-3-2-4-6-8-10-12-14-16-18-22(27)25-21(24(30)31)19-23(28)29;;/h9-12,20-21,26H,2-8,13-19H2,1H3,(H,25,27)(H,28,29)(H,30,31);;/q;2*+1/p-2/b11-9-,12-10-;;/t20-,21?;;/m1../s1. The number of carbonyl (C=O) groups is 3. The number of aliphatic hydroxyl groups is 1. The van der Waals surface area contributed by atoms with Gasteiger partial charge in [-0.2, -0.15) is 0 Å². The SMILES string of the molecule is C[C@@H](O)CCC/C=C\CCCCCCC/C=C\CCCC(=O)NC(CC(=O)[O-])C(=O)[O-].[Na+].[Na+]. The van der Waals surface area contributed by atoms with E-state index in [1.807, 2.05) is 13.0 Å². The van der Waals surface area contributed by atoms with Gasteiger partial charge in [-0.05, 0) is 64.7 Å². The average Bonchev–Trinajstić information content (AvgIpc) is 2.69. The van der Waals surface area contributed by atoms with Crippen LogP contribution in [0, 0.1) is 0 Å². The summed E-state index contributed by atoms with van der Waals surface area (Å²) in [6.45, 7) is 1.82. The van der Waals surface area contributed by atoms with E-state index in [-0.39, 0.29) is 71.6 Å². The molecule has 0 saturated heterocycles. The number of rotatable bonds is 20. The molecule has 0 fully saturated rings. The quantitative estimate of drug-likeness (QED) is 0.103. The normalized spacial score (nSPS) is 12.7. The van der Waals surface area contributed by atoms with Gasteiger partial charge < -0.3 is 30.2 Å². The summed E-state index contributed by atoms with van der Waals surface area (Å²) in [5.41, 5.74) is 0. The minimum Gasteiger partial charge on any atom is -0.550 e. The largest absolute Gasteiger partial charge is 1.00 e. The van der Waals surface area contributed by atoms with Crippen LogP contribution in [0.4, 0.5) is 0 Å². The van der Waals surface area contributed by atoms with Crippen molar-refractivity contribution in [1.82, 2.24) is 5.32 Å². The maximum atomic E-state index is 11.7. The molecule has 0 aromatic heterocycles. The first kappa shape index (κ1) is 37.4. The number of amides is 1. The van der Waals surface area contributed by atoms with Gasteiger partial charge >= 0.3 is 59.1 Å². The Labute approximate surface area is 243 Å². The molecule has 9 heteroatoms. The number of unbranched alkanes of at least 4 members (excludes halogenated alkanes) is 8. The molecule has 2 N–H and O–H groups in total. The topological polar surface area (TPSA) is 130 Å². The smallest absolute Gasteiger partial charge is 0.550 e. The fourth-order valence-electron chi connectivity index (χ4n) is 3.06. The van der Waals surface area contributed by atoms with Crippen LogP contribution >= 0.6 is 0 Å². The van der Waals surface area contributed by atoms with Crippen LogP contribution in [0.15, 0.2) is 24.3 Å². The molecule has 178 valence electrons. The van der Waals surface area contributed by atoms with Crippen LogP contribution in [0.25, 0.3) is 0 Å². The van der Waals surface area contributed by atoms with Gasteiger partial charge in [0.25, 0.3) is 0 Å². The molecule has 0 aromatic rings. The summed E-state index contributed by atoms with van der Waals surface area (Å²) in [6, 6.07) is -1.55. The first-order chi connectivity index (χ1) is 14.8. The van der Waals surface area contributed by atoms with Crippen molar-refractivity contribution >= 4 is 17.8 Å². The van der Waals surface area contributed by atoms with Crippen molar-refractivity contribution in [2.24, 2.45) is 0 Å². The van der Waals surface area contributed by atoms with Crippen LogP contribution in [0.5, 0.6) is 0 Å². The Morgan fingerprint density at radius 1 is 0.788 bits per heavy atom. The van der Waals surface area contributed by atoms with Gasteiger partial charge in [0.1, 0.15) is 0 Å². The molecule has 0 saturated carbocycles. The van der Waals surface area contributed by atoms with E-state index in [1.54, 1.807) is 0 Å². The molecule has 0 bridgehead atoms. The molecule has 0 aliphatic heterocycles. The van der Waals surface area contributed by atoms with Gasteiger partial charge in [-0.3, -0.25) is 4.79 Å². The zero-order valence-corrected chi connectivity index (χ0v) is 24.9. The number of hydrogen-bond donors (Lipinski definition) is 2. The van der Waals surface area contributed by atoms with Crippen LogP contribution < -0.4 is 74.6 Å². The minimum absolute atomic E-state index is 0. The van der Waals surface area contributed by atoms with Crippen LogP contribution in [0.1, 0.15) is 96.8 Å². The monoisotopic (exact) mass is 483 g/mol. The maximum absolute atomic E-state index is 11.7. The Morgan fingerprint density at radius 3 is 1.70 bits per heavy atom. The molecule has 0 aromatic carbocycles. The molecule has 1 unspecified atom stereocenters. The second-order valence-corrected chi connectivity index (χ2v) is 7.98. The van der Waals surface area contributed by atoms with Gasteiger partial charge in [0.05, 0.1) is 18.1 Å². The Morgan fingerprint density at radius 2 is 1.24 bits per heavy atom. The minimum atomic E-state index is -1.63. The summed E-state index contributed by atoms with van der Waals surface area (Å²) in [7, 11) is 0. The molecule has 2 atom stereocenters. The van der Waals surface area contributed by atoms with Gasteiger partial charge in [0.2, 0.25) is 5.91 Å². The average molecular weight is 484 g/mol. The number of aliphatic carboxylic acids is 2. The summed E-state index contributed by atoms with van der Waals surface area (Å²) in [5.74, 6) is -3.68. The third kappa shape index (κ3) is 28.0. The van der Waals surface area contributed by atoms with Crippen molar-refractivity contribution in [3.63, 3.8) is 0 Å². The number of allylic oxidation sites excluding steroid dienone is 4. The van der Waals surface area contributed by atoms with Gasteiger partial charge in [-0.1, -0.05) is 43.6 Å². The molecule has 1 amide bonds. The van der Waals surface area contributed by atoms with E-state index in [9.17, 15) is 29.7 Å². The van der Waals surface area contributed by atoms with E-state index in [1.165, 1.54) is 25.7 Å². The van der Waals surface area contributed by atoms with Crippen LogP contribution in [0.2, 0.25) is 0 Å². The van der Waals surface area contributed by atoms with E-state index in [0.717, 1.165) is 38.5 Å². The van der Waals surface area contributed by atoms with Crippen molar-refractivity contribution in [1.29, 1.82) is 0 Å². The first-order valence-corrected chi connectivity index (χ1v) is 11.5. The number of aliphatic hydroxyl groups excluding tert-OH is 1. The first-order valence-electron chi connectivity index (χ1n) is 11.5. The van der Waals surface area contributed by atoms with Gasteiger partial charge in [0.15, 0.2) is 0 Å². The number of nitrogens with one attached hydrogen (secondary N) is 1. The molecule has 7 nitrogen and oxygen atoms in total. The van der Waals surface area contributed by atoms with Crippen molar-refractivity contribution in [2.75, 3.05) is 0 Å². The maximum Gasteiger partial charge on any atom is 1.00 e. The van der Waals surface area contributed by atoms with Crippen LogP contribution in [-0.4, -0.2) is 35.1 Å². The summed E-state index contributed by atoms with van der Waals surface area (Å²) in [6.07, 6.45) is 20.1. The van der Waals surface area contributed by atoms with E-state index in [2.05, 4.69) is 23.5 Å². The second-order valence-electron chi connectivity index (χ2n) is 7.98. The summed E-state index contributed by atoms with van der Waals surface area (Å²) >= 11 is 0. The zero-order valence-electron chi connectivity index (χ0n) is 20.9. The Bertz CT molecular complexity index is 567. The molecule has 0 aliphatic carbocycles. The third-order valence-corrected chi connectivity index (χ3v) is 4.83. The van der Waals surface area contributed by atoms with Crippen molar-refractivity contribution in [3.05, 3.63) is 24.3 Å². The van der Waals surface area contributed by atoms with E-state index in [0.29, 0.717) is 12.8 Å². The number of carboxylic acids is 2. The van der Waals surface area contributed by atoms with Crippen molar-refractivity contribution in [2.45, 2.75) is 109 Å². The molecule has 0 heterocycles. The summed E-state index contributed by atoms with van der Waals surface area (Å²) < 4.78 is 0. The van der Waals surface area contributed by atoms with Gasteiger partial charge in [-0.15, -0.1) is 0 Å².